The van der Waals surface area contributed by atoms with Gasteiger partial charge in [0.25, 0.3) is 0 Å². The zero-order chi connectivity index (χ0) is 21.8. The first-order chi connectivity index (χ1) is 14.1. The molecule has 0 spiro atoms. The predicted molar refractivity (Wildman–Crippen MR) is 121 cm³/mol. The Hall–Kier alpha value is -0.410. The summed E-state index contributed by atoms with van der Waals surface area (Å²) < 4.78 is 0. The summed E-state index contributed by atoms with van der Waals surface area (Å²) in [5, 5.41) is 21.4. The summed E-state index contributed by atoms with van der Waals surface area (Å²) in [6.07, 6.45) is 9.80. The van der Waals surface area contributed by atoms with Crippen LogP contribution in [0.15, 0.2) is 0 Å². The fourth-order valence-electron chi connectivity index (χ4n) is 9.29. The Morgan fingerprint density at radius 1 is 0.867 bits per heavy atom. The molecule has 4 aliphatic carbocycles. The van der Waals surface area contributed by atoms with Gasteiger partial charge in [0.05, 0.1) is 12.2 Å². The Kier molecular flexibility index (Phi) is 6.21. The average Bonchev–Trinajstić information content (AvgIpc) is 3.00. The second-order valence-electron chi connectivity index (χ2n) is 12.8. The highest BCUT2D eigenvalue weighted by Crippen LogP contribution is 2.68. The van der Waals surface area contributed by atoms with Crippen LogP contribution >= 0.6 is 0 Å². The van der Waals surface area contributed by atoms with Crippen LogP contribution in [0.3, 0.4) is 0 Å². The standard InChI is InChI=1S/C27H46O3/c1-16(2)12-19(29)13-17(3)21-6-7-22-20-15-25(30)24-14-18(28)8-10-27(24,5)23(20)9-11-26(21,22)4/h16-18,20-25,28,30H,6-15H2,1-5H3/t17-,18+,20+,21-,22-,23-,24-,25+,26-,27-/m1/s1. The Balaban J connectivity index is 1.51. The van der Waals surface area contributed by atoms with Gasteiger partial charge in [0.1, 0.15) is 5.78 Å². The lowest BCUT2D eigenvalue weighted by molar-refractivity contribution is -0.172. The fourth-order valence-corrected chi connectivity index (χ4v) is 9.29. The summed E-state index contributed by atoms with van der Waals surface area (Å²) in [6, 6.07) is 0. The third-order valence-electron chi connectivity index (χ3n) is 10.6. The number of aliphatic hydroxyl groups excluding tert-OH is 2. The van der Waals surface area contributed by atoms with Gasteiger partial charge in [0.2, 0.25) is 0 Å². The van der Waals surface area contributed by atoms with Crippen molar-refractivity contribution in [2.75, 3.05) is 0 Å². The third kappa shape index (κ3) is 3.70. The van der Waals surface area contributed by atoms with Crippen molar-refractivity contribution in [1.29, 1.82) is 0 Å². The van der Waals surface area contributed by atoms with Crippen LogP contribution in [0.4, 0.5) is 0 Å². The summed E-state index contributed by atoms with van der Waals surface area (Å²) >= 11 is 0. The number of carbonyl (C=O) groups is 1. The van der Waals surface area contributed by atoms with E-state index in [2.05, 4.69) is 34.6 Å². The number of Topliss-reactive ketones (excluding diaryl/α,β-unsaturated/α-hetero) is 1. The zero-order valence-electron chi connectivity index (χ0n) is 20.1. The molecule has 3 nitrogen and oxygen atoms in total. The van der Waals surface area contributed by atoms with E-state index in [0.717, 1.165) is 38.5 Å². The molecular formula is C27H46O3. The van der Waals surface area contributed by atoms with Gasteiger partial charge in [-0.15, -0.1) is 0 Å². The number of hydrogen-bond acceptors (Lipinski definition) is 3. The van der Waals surface area contributed by atoms with Crippen molar-refractivity contribution in [1.82, 2.24) is 0 Å². The first kappa shape index (κ1) is 22.8. The van der Waals surface area contributed by atoms with Crippen molar-refractivity contribution in [3.63, 3.8) is 0 Å². The summed E-state index contributed by atoms with van der Waals surface area (Å²) in [6.45, 7) is 11.6. The molecule has 4 aliphatic rings. The molecule has 10 atom stereocenters. The van der Waals surface area contributed by atoms with Gasteiger partial charge in [-0.2, -0.15) is 0 Å². The van der Waals surface area contributed by atoms with Crippen LogP contribution in [-0.2, 0) is 4.79 Å². The number of ketones is 1. The SMILES string of the molecule is CC(C)CC(=O)C[C@@H](C)[C@H]1CC[C@@H]2[C@@H]3C[C@H](O)[C@H]4C[C@@H](O)CC[C@]4(C)[C@@H]3CC[C@@]21C. The molecule has 2 N–H and O–H groups in total. The second-order valence-corrected chi connectivity index (χ2v) is 12.8. The summed E-state index contributed by atoms with van der Waals surface area (Å²) in [7, 11) is 0. The van der Waals surface area contributed by atoms with Crippen molar-refractivity contribution in [2.24, 2.45) is 52.3 Å². The maximum atomic E-state index is 12.5. The number of fused-ring (bicyclic) bond motifs is 5. The van der Waals surface area contributed by atoms with Gasteiger partial charge in [-0.3, -0.25) is 4.79 Å². The first-order valence-corrected chi connectivity index (χ1v) is 12.9. The highest BCUT2D eigenvalue weighted by atomic mass is 16.3. The van der Waals surface area contributed by atoms with E-state index >= 15 is 0 Å². The molecule has 0 radical (unpaired) electrons. The maximum absolute atomic E-state index is 12.5. The molecular weight excluding hydrogens is 372 g/mol. The van der Waals surface area contributed by atoms with Crippen molar-refractivity contribution < 1.29 is 15.0 Å². The summed E-state index contributed by atoms with van der Waals surface area (Å²) in [4.78, 5) is 12.5. The van der Waals surface area contributed by atoms with Crippen molar-refractivity contribution >= 4 is 5.78 Å². The normalized spacial score (nSPS) is 49.3. The molecule has 0 bridgehead atoms. The van der Waals surface area contributed by atoms with Crippen LogP contribution in [0.25, 0.3) is 0 Å². The quantitative estimate of drug-likeness (QED) is 0.609. The number of carbonyl (C=O) groups excluding carboxylic acids is 1. The Bertz CT molecular complexity index is 644. The molecule has 30 heavy (non-hydrogen) atoms. The van der Waals surface area contributed by atoms with Crippen LogP contribution in [0, 0.1) is 52.3 Å². The van der Waals surface area contributed by atoms with E-state index < -0.39 is 0 Å². The van der Waals surface area contributed by atoms with Crippen LogP contribution < -0.4 is 0 Å². The molecule has 0 heterocycles. The van der Waals surface area contributed by atoms with Crippen molar-refractivity contribution in [2.45, 2.75) is 111 Å². The minimum Gasteiger partial charge on any atom is -0.393 e. The molecule has 0 unspecified atom stereocenters. The van der Waals surface area contributed by atoms with Gasteiger partial charge in [-0.25, -0.2) is 0 Å². The Morgan fingerprint density at radius 2 is 1.53 bits per heavy atom. The monoisotopic (exact) mass is 418 g/mol. The second kappa shape index (κ2) is 8.18. The van der Waals surface area contributed by atoms with Crippen LogP contribution in [-0.4, -0.2) is 28.2 Å². The van der Waals surface area contributed by atoms with E-state index in [9.17, 15) is 15.0 Å². The molecule has 4 fully saturated rings. The van der Waals surface area contributed by atoms with Crippen molar-refractivity contribution in [3.05, 3.63) is 0 Å². The van der Waals surface area contributed by atoms with Crippen LogP contribution in [0.5, 0.6) is 0 Å². The molecule has 3 heteroatoms. The van der Waals surface area contributed by atoms with Crippen LogP contribution in [0.2, 0.25) is 0 Å². The summed E-state index contributed by atoms with van der Waals surface area (Å²) in [5.41, 5.74) is 0.523. The highest BCUT2D eigenvalue weighted by Gasteiger charge is 2.62. The zero-order valence-corrected chi connectivity index (χ0v) is 20.1. The largest absolute Gasteiger partial charge is 0.393 e. The molecule has 0 aromatic heterocycles. The van der Waals surface area contributed by atoms with E-state index in [1.165, 1.54) is 25.7 Å². The fraction of sp³-hybridized carbons (Fsp3) is 0.963. The lowest BCUT2D eigenvalue weighted by Crippen LogP contribution is -2.58. The van der Waals surface area contributed by atoms with Gasteiger partial charge in [0, 0.05) is 12.8 Å². The van der Waals surface area contributed by atoms with Gasteiger partial charge in [0.15, 0.2) is 0 Å². The lowest BCUT2D eigenvalue weighted by Gasteiger charge is -2.62. The van der Waals surface area contributed by atoms with E-state index in [-0.39, 0.29) is 23.5 Å². The molecule has 0 saturated heterocycles. The average molecular weight is 419 g/mol. The minimum absolute atomic E-state index is 0.194. The molecule has 0 aromatic rings. The lowest BCUT2D eigenvalue weighted by atomic mass is 9.43. The van der Waals surface area contributed by atoms with Crippen molar-refractivity contribution in [3.8, 4) is 0 Å². The van der Waals surface area contributed by atoms with Gasteiger partial charge >= 0.3 is 0 Å². The summed E-state index contributed by atoms with van der Waals surface area (Å²) in [5.74, 6) is 4.33. The topological polar surface area (TPSA) is 57.5 Å². The van der Waals surface area contributed by atoms with Crippen LogP contribution in [0.1, 0.15) is 98.8 Å². The molecule has 0 amide bonds. The maximum Gasteiger partial charge on any atom is 0.133 e. The molecule has 0 aromatic carbocycles. The molecule has 172 valence electrons. The van der Waals surface area contributed by atoms with E-state index in [1.807, 2.05) is 0 Å². The highest BCUT2D eigenvalue weighted by molar-refractivity contribution is 5.78. The molecule has 0 aliphatic heterocycles. The molecule has 4 rings (SSSR count). The number of rotatable bonds is 5. The van der Waals surface area contributed by atoms with E-state index in [0.29, 0.717) is 46.7 Å². The minimum atomic E-state index is -0.252. The predicted octanol–water partition coefficient (Wildman–Crippen LogP) is 5.62. The third-order valence-corrected chi connectivity index (χ3v) is 10.6. The van der Waals surface area contributed by atoms with Gasteiger partial charge in [-0.1, -0.05) is 34.6 Å². The number of aliphatic hydroxyl groups is 2. The number of hydrogen-bond donors (Lipinski definition) is 2. The molecule has 4 saturated carbocycles. The first-order valence-electron chi connectivity index (χ1n) is 12.9. The van der Waals surface area contributed by atoms with E-state index in [1.54, 1.807) is 0 Å². The van der Waals surface area contributed by atoms with Gasteiger partial charge < -0.3 is 10.2 Å². The Morgan fingerprint density at radius 3 is 2.23 bits per heavy atom. The smallest absolute Gasteiger partial charge is 0.133 e. The van der Waals surface area contributed by atoms with E-state index in [4.69, 9.17) is 0 Å². The van der Waals surface area contributed by atoms with Gasteiger partial charge in [-0.05, 0) is 104 Å². The Labute approximate surface area is 184 Å².